The van der Waals surface area contributed by atoms with Crippen molar-refractivity contribution in [3.8, 4) is 11.3 Å². The van der Waals surface area contributed by atoms with Gasteiger partial charge in [0.1, 0.15) is 0 Å². The van der Waals surface area contributed by atoms with E-state index in [1.165, 1.54) is 11.4 Å². The van der Waals surface area contributed by atoms with Crippen LogP contribution in [0.4, 0.5) is 0 Å². The lowest BCUT2D eigenvalue weighted by molar-refractivity contribution is -0.119. The quantitative estimate of drug-likeness (QED) is 0.722. The summed E-state index contributed by atoms with van der Waals surface area (Å²) in [6, 6.07) is 7.52. The molecule has 0 aliphatic rings. The Bertz CT molecular complexity index is 973. The first-order valence-corrected chi connectivity index (χ1v) is 9.37. The standard InChI is InChI=1S/C14H15N5O3S2/c1-8(16-9(2)20)10-3-5-11(6-4-10)12-7-19-13(17-12)23-14(18-19)24(15,21)22/h3-8H,1-2H3,(H,16,20)(H2,15,21,22)/t8-/m0/s1. The lowest BCUT2D eigenvalue weighted by Gasteiger charge is -2.12. The second-order valence-electron chi connectivity index (χ2n) is 5.31. The zero-order chi connectivity index (χ0) is 17.5. The van der Waals surface area contributed by atoms with Crippen LogP contribution in [0.1, 0.15) is 25.5 Å². The van der Waals surface area contributed by atoms with E-state index in [1.54, 1.807) is 6.20 Å². The van der Waals surface area contributed by atoms with E-state index >= 15 is 0 Å². The summed E-state index contributed by atoms with van der Waals surface area (Å²) in [5, 5.41) is 11.8. The normalized spacial score (nSPS) is 13.1. The van der Waals surface area contributed by atoms with E-state index < -0.39 is 10.0 Å². The minimum Gasteiger partial charge on any atom is -0.350 e. The summed E-state index contributed by atoms with van der Waals surface area (Å²) in [4.78, 5) is 15.9. The third-order valence-corrected chi connectivity index (χ3v) is 5.63. The number of amides is 1. The number of nitrogens with zero attached hydrogens (tertiary/aromatic N) is 3. The van der Waals surface area contributed by atoms with Crippen LogP contribution in [0.3, 0.4) is 0 Å². The van der Waals surface area contributed by atoms with Gasteiger partial charge in [-0.1, -0.05) is 35.6 Å². The Morgan fingerprint density at radius 2 is 2.00 bits per heavy atom. The second-order valence-corrected chi connectivity index (χ2v) is 8.00. The van der Waals surface area contributed by atoms with E-state index in [2.05, 4.69) is 15.4 Å². The molecule has 8 nitrogen and oxygen atoms in total. The minimum atomic E-state index is -3.83. The van der Waals surface area contributed by atoms with Crippen LogP contribution in [0.5, 0.6) is 0 Å². The molecule has 3 aromatic rings. The Hall–Kier alpha value is -2.30. The SMILES string of the molecule is CC(=O)N[C@@H](C)c1ccc(-c2cn3nc(S(N)(=O)=O)sc3n2)cc1. The van der Waals surface area contributed by atoms with Crippen molar-refractivity contribution in [2.75, 3.05) is 0 Å². The number of hydrogen-bond acceptors (Lipinski definition) is 6. The predicted octanol–water partition coefficient (Wildman–Crippen LogP) is 1.30. The first-order valence-electron chi connectivity index (χ1n) is 7.00. The van der Waals surface area contributed by atoms with Crippen molar-refractivity contribution in [2.45, 2.75) is 24.2 Å². The highest BCUT2D eigenvalue weighted by atomic mass is 32.2. The summed E-state index contributed by atoms with van der Waals surface area (Å²) in [5.74, 6) is -0.0855. The molecule has 0 spiro atoms. The highest BCUT2D eigenvalue weighted by molar-refractivity contribution is 7.91. The average Bonchev–Trinajstić information content (AvgIpc) is 3.04. The molecule has 0 saturated heterocycles. The number of primary sulfonamides is 1. The van der Waals surface area contributed by atoms with Crippen LogP contribution in [0.25, 0.3) is 16.2 Å². The van der Waals surface area contributed by atoms with Gasteiger partial charge in [0, 0.05) is 12.5 Å². The van der Waals surface area contributed by atoms with E-state index in [1.807, 2.05) is 31.2 Å². The first-order chi connectivity index (χ1) is 11.2. The Morgan fingerprint density at radius 1 is 1.33 bits per heavy atom. The number of rotatable bonds is 4. The molecule has 126 valence electrons. The fourth-order valence-corrected chi connectivity index (χ4v) is 3.77. The highest BCUT2D eigenvalue weighted by Gasteiger charge is 2.17. The molecule has 0 fully saturated rings. The maximum atomic E-state index is 11.3. The summed E-state index contributed by atoms with van der Waals surface area (Å²) in [6.07, 6.45) is 1.65. The zero-order valence-electron chi connectivity index (χ0n) is 12.9. The summed E-state index contributed by atoms with van der Waals surface area (Å²) >= 11 is 0.915. The monoisotopic (exact) mass is 365 g/mol. The van der Waals surface area contributed by atoms with Crippen LogP contribution in [-0.4, -0.2) is 28.9 Å². The van der Waals surface area contributed by atoms with Gasteiger partial charge in [-0.25, -0.2) is 23.1 Å². The molecular formula is C14H15N5O3S2. The average molecular weight is 365 g/mol. The van der Waals surface area contributed by atoms with Gasteiger partial charge in [0.25, 0.3) is 10.0 Å². The van der Waals surface area contributed by atoms with Crippen LogP contribution in [0.15, 0.2) is 34.8 Å². The Balaban J connectivity index is 1.88. The smallest absolute Gasteiger partial charge is 0.267 e. The van der Waals surface area contributed by atoms with Crippen LogP contribution in [-0.2, 0) is 14.8 Å². The molecule has 1 aromatic carbocycles. The largest absolute Gasteiger partial charge is 0.350 e. The third kappa shape index (κ3) is 3.30. The maximum Gasteiger partial charge on any atom is 0.267 e. The van der Waals surface area contributed by atoms with E-state index in [0.717, 1.165) is 22.5 Å². The highest BCUT2D eigenvalue weighted by Crippen LogP contribution is 2.25. The molecule has 10 heteroatoms. The van der Waals surface area contributed by atoms with Crippen molar-refractivity contribution in [3.63, 3.8) is 0 Å². The molecule has 0 radical (unpaired) electrons. The molecule has 1 atom stereocenters. The molecule has 0 unspecified atom stereocenters. The Labute approximate surface area is 142 Å². The van der Waals surface area contributed by atoms with Crippen LogP contribution >= 0.6 is 11.3 Å². The second kappa shape index (κ2) is 5.96. The summed E-state index contributed by atoms with van der Waals surface area (Å²) in [6.45, 7) is 3.38. The number of nitrogens with two attached hydrogens (primary N) is 1. The number of nitrogens with one attached hydrogen (secondary N) is 1. The summed E-state index contributed by atoms with van der Waals surface area (Å²) in [7, 11) is -3.83. The molecule has 2 aromatic heterocycles. The van der Waals surface area contributed by atoms with E-state index in [-0.39, 0.29) is 16.3 Å². The van der Waals surface area contributed by atoms with Gasteiger partial charge in [-0.05, 0) is 12.5 Å². The van der Waals surface area contributed by atoms with Crippen molar-refractivity contribution in [2.24, 2.45) is 5.14 Å². The van der Waals surface area contributed by atoms with Crippen molar-refractivity contribution in [3.05, 3.63) is 36.0 Å². The number of benzene rings is 1. The number of carbonyl (C=O) groups excluding carboxylic acids is 1. The van der Waals surface area contributed by atoms with Gasteiger partial charge in [-0.3, -0.25) is 4.79 Å². The number of sulfonamides is 1. The summed E-state index contributed by atoms with van der Waals surface area (Å²) in [5.41, 5.74) is 2.52. The topological polar surface area (TPSA) is 119 Å². The fraction of sp³-hybridized carbons (Fsp3) is 0.214. The van der Waals surface area contributed by atoms with Gasteiger partial charge in [0.2, 0.25) is 15.2 Å². The number of fused-ring (bicyclic) bond motifs is 1. The van der Waals surface area contributed by atoms with Gasteiger partial charge < -0.3 is 5.32 Å². The molecule has 2 heterocycles. The third-order valence-electron chi connectivity index (χ3n) is 3.39. The number of imidazole rings is 1. The molecule has 0 aliphatic heterocycles. The van der Waals surface area contributed by atoms with Crippen molar-refractivity contribution in [1.82, 2.24) is 19.9 Å². The minimum absolute atomic E-state index is 0.0824. The summed E-state index contributed by atoms with van der Waals surface area (Å²) < 4.78 is 23.8. The van der Waals surface area contributed by atoms with Crippen LogP contribution < -0.4 is 10.5 Å². The number of hydrogen-bond donors (Lipinski definition) is 2. The van der Waals surface area contributed by atoms with Gasteiger partial charge >= 0.3 is 0 Å². The number of aromatic nitrogens is 3. The van der Waals surface area contributed by atoms with E-state index in [4.69, 9.17) is 5.14 Å². The molecule has 0 bridgehead atoms. The maximum absolute atomic E-state index is 11.3. The Morgan fingerprint density at radius 3 is 2.54 bits per heavy atom. The number of carbonyl (C=O) groups is 1. The lowest BCUT2D eigenvalue weighted by Crippen LogP contribution is -2.23. The van der Waals surface area contributed by atoms with Gasteiger partial charge in [0.15, 0.2) is 0 Å². The zero-order valence-corrected chi connectivity index (χ0v) is 14.6. The van der Waals surface area contributed by atoms with Gasteiger partial charge in [-0.2, -0.15) is 0 Å². The first kappa shape index (κ1) is 16.6. The van der Waals surface area contributed by atoms with Gasteiger partial charge in [-0.15, -0.1) is 5.10 Å². The lowest BCUT2D eigenvalue weighted by atomic mass is 10.0. The van der Waals surface area contributed by atoms with Crippen molar-refractivity contribution < 1.29 is 13.2 Å². The van der Waals surface area contributed by atoms with Crippen LogP contribution in [0.2, 0.25) is 0 Å². The molecular weight excluding hydrogens is 350 g/mol. The van der Waals surface area contributed by atoms with Gasteiger partial charge in [0.05, 0.1) is 17.9 Å². The predicted molar refractivity (Wildman–Crippen MR) is 89.9 cm³/mol. The van der Waals surface area contributed by atoms with E-state index in [9.17, 15) is 13.2 Å². The molecule has 3 rings (SSSR count). The van der Waals surface area contributed by atoms with Crippen LogP contribution in [0, 0.1) is 0 Å². The fourth-order valence-electron chi connectivity index (χ4n) is 2.27. The molecule has 0 aliphatic carbocycles. The molecule has 24 heavy (non-hydrogen) atoms. The molecule has 0 saturated carbocycles. The molecule has 3 N–H and O–H groups in total. The molecule has 1 amide bonds. The van der Waals surface area contributed by atoms with Crippen molar-refractivity contribution in [1.29, 1.82) is 0 Å². The van der Waals surface area contributed by atoms with E-state index in [0.29, 0.717) is 10.7 Å². The van der Waals surface area contributed by atoms with Crippen molar-refractivity contribution >= 4 is 32.2 Å². The Kier molecular flexibility index (Phi) is 4.11.